The molecule has 3 heterocycles. The molecule has 1 atom stereocenters. The van der Waals surface area contributed by atoms with Gasteiger partial charge in [-0.15, -0.1) is 0 Å². The van der Waals surface area contributed by atoms with E-state index in [2.05, 4.69) is 19.9 Å². The third kappa shape index (κ3) is 4.70. The number of halogens is 1. The van der Waals surface area contributed by atoms with Crippen molar-refractivity contribution in [2.75, 3.05) is 44.7 Å². The summed E-state index contributed by atoms with van der Waals surface area (Å²) in [6.07, 6.45) is 2.42. The van der Waals surface area contributed by atoms with Gasteiger partial charge >= 0.3 is 5.97 Å². The SMILES string of the molecule is COC(=O)C1(F)CCC(CN2CCN(c3ccc4c(c3)C(=O)N([C@H]3CCC(=O)NC3=O)C4)CC2)CC1. The number of fused-ring (bicyclic) bond motifs is 1. The number of anilines is 1. The van der Waals surface area contributed by atoms with Crippen LogP contribution in [0, 0.1) is 5.92 Å². The molecule has 1 aromatic rings. The number of nitrogens with one attached hydrogen (secondary N) is 1. The van der Waals surface area contributed by atoms with E-state index in [1.165, 1.54) is 7.11 Å². The molecule has 1 aliphatic carbocycles. The number of nitrogens with zero attached hydrogens (tertiary/aromatic N) is 3. The minimum Gasteiger partial charge on any atom is -0.467 e. The van der Waals surface area contributed by atoms with E-state index in [4.69, 9.17) is 0 Å². The van der Waals surface area contributed by atoms with Crippen molar-refractivity contribution in [3.05, 3.63) is 29.3 Å². The first kappa shape index (κ1) is 24.7. The number of imide groups is 1. The van der Waals surface area contributed by atoms with Crippen LogP contribution in [0.5, 0.6) is 0 Å². The van der Waals surface area contributed by atoms with Crippen molar-refractivity contribution in [1.82, 2.24) is 15.1 Å². The quantitative estimate of drug-likeness (QED) is 0.485. The first-order valence-corrected chi connectivity index (χ1v) is 12.8. The second-order valence-electron chi connectivity index (χ2n) is 10.4. The predicted octanol–water partition coefficient (Wildman–Crippen LogP) is 1.64. The lowest BCUT2D eigenvalue weighted by atomic mass is 9.79. The van der Waals surface area contributed by atoms with Crippen LogP contribution in [0.1, 0.15) is 54.4 Å². The van der Waals surface area contributed by atoms with E-state index in [1.807, 2.05) is 18.2 Å². The zero-order chi connectivity index (χ0) is 25.4. The zero-order valence-corrected chi connectivity index (χ0v) is 20.6. The van der Waals surface area contributed by atoms with Crippen LogP contribution in [0.15, 0.2) is 18.2 Å². The maximum absolute atomic E-state index is 14.7. The molecule has 194 valence electrons. The van der Waals surface area contributed by atoms with Crippen molar-refractivity contribution in [3.63, 3.8) is 0 Å². The summed E-state index contributed by atoms with van der Waals surface area (Å²) < 4.78 is 19.3. The Balaban J connectivity index is 1.14. The molecule has 9 nitrogen and oxygen atoms in total. The number of rotatable bonds is 5. The van der Waals surface area contributed by atoms with Crippen LogP contribution in [0.25, 0.3) is 0 Å². The molecule has 10 heteroatoms. The van der Waals surface area contributed by atoms with Crippen molar-refractivity contribution < 1.29 is 28.3 Å². The number of carbonyl (C=O) groups is 4. The number of amides is 3. The summed E-state index contributed by atoms with van der Waals surface area (Å²) >= 11 is 0. The second kappa shape index (κ2) is 9.80. The fourth-order valence-electron chi connectivity index (χ4n) is 6.00. The lowest BCUT2D eigenvalue weighted by molar-refractivity contribution is -0.157. The van der Waals surface area contributed by atoms with E-state index in [1.54, 1.807) is 4.90 Å². The minimum absolute atomic E-state index is 0.159. The van der Waals surface area contributed by atoms with Gasteiger partial charge in [-0.1, -0.05) is 6.07 Å². The van der Waals surface area contributed by atoms with Gasteiger partial charge in [-0.2, -0.15) is 0 Å². The molecule has 4 aliphatic rings. The normalized spacial score (nSPS) is 29.2. The van der Waals surface area contributed by atoms with Gasteiger partial charge in [-0.25, -0.2) is 9.18 Å². The fourth-order valence-corrected chi connectivity index (χ4v) is 6.00. The Morgan fingerprint density at radius 1 is 1.11 bits per heavy atom. The van der Waals surface area contributed by atoms with Crippen molar-refractivity contribution in [3.8, 4) is 0 Å². The third-order valence-corrected chi connectivity index (χ3v) is 8.21. The van der Waals surface area contributed by atoms with E-state index in [9.17, 15) is 23.6 Å². The average Bonchev–Trinajstić information content (AvgIpc) is 3.21. The number of methoxy groups -OCH3 is 1. The topological polar surface area (TPSA) is 99.3 Å². The predicted molar refractivity (Wildman–Crippen MR) is 129 cm³/mol. The van der Waals surface area contributed by atoms with Crippen molar-refractivity contribution >= 4 is 29.4 Å². The molecule has 1 aromatic carbocycles. The van der Waals surface area contributed by atoms with Crippen LogP contribution in [0.4, 0.5) is 10.1 Å². The first-order chi connectivity index (χ1) is 17.3. The lowest BCUT2D eigenvalue weighted by Crippen LogP contribution is -2.52. The van der Waals surface area contributed by atoms with Gasteiger partial charge in [-0.05, 0) is 55.7 Å². The molecule has 3 fully saturated rings. The number of benzene rings is 1. The minimum atomic E-state index is -1.83. The summed E-state index contributed by atoms with van der Waals surface area (Å²) in [5.74, 6) is -1.22. The number of hydrogen-bond donors (Lipinski definition) is 1. The van der Waals surface area contributed by atoms with E-state index >= 15 is 0 Å². The zero-order valence-electron chi connectivity index (χ0n) is 20.6. The molecule has 0 spiro atoms. The molecule has 1 saturated carbocycles. The smallest absolute Gasteiger partial charge is 0.343 e. The van der Waals surface area contributed by atoms with Crippen molar-refractivity contribution in [2.45, 2.75) is 56.8 Å². The molecule has 0 unspecified atom stereocenters. The Morgan fingerprint density at radius 3 is 2.50 bits per heavy atom. The molecule has 36 heavy (non-hydrogen) atoms. The summed E-state index contributed by atoms with van der Waals surface area (Å²) in [7, 11) is 1.24. The number of ether oxygens (including phenoxy) is 1. The largest absolute Gasteiger partial charge is 0.467 e. The molecule has 3 aliphatic heterocycles. The van der Waals surface area contributed by atoms with Gasteiger partial charge in [0.2, 0.25) is 17.5 Å². The Labute approximate surface area is 209 Å². The molecular weight excluding hydrogens is 467 g/mol. The highest BCUT2D eigenvalue weighted by molar-refractivity contribution is 6.05. The second-order valence-corrected chi connectivity index (χ2v) is 10.4. The number of hydrogen-bond acceptors (Lipinski definition) is 7. The third-order valence-electron chi connectivity index (χ3n) is 8.21. The van der Waals surface area contributed by atoms with Crippen molar-refractivity contribution in [1.29, 1.82) is 0 Å². The number of esters is 1. The molecule has 0 bridgehead atoms. The van der Waals surface area contributed by atoms with Crippen LogP contribution in [0.2, 0.25) is 0 Å². The standard InChI is InChI=1S/C26H33FN4O5/c1-36-25(35)26(27)8-6-17(7-9-26)15-29-10-12-30(13-11-29)19-3-2-18-16-31(24(34)20(18)14-19)21-4-5-22(32)28-23(21)33/h2-3,14,17,21H,4-13,15-16H2,1H3,(H,28,32,33)/t17?,21-,26?/m0/s1. The van der Waals surface area contributed by atoms with Crippen LogP contribution >= 0.6 is 0 Å². The molecular formula is C26H33FN4O5. The van der Waals surface area contributed by atoms with Crippen LogP contribution in [-0.4, -0.2) is 85.0 Å². The Kier molecular flexibility index (Phi) is 6.72. The van der Waals surface area contributed by atoms with Crippen molar-refractivity contribution in [2.24, 2.45) is 5.92 Å². The highest BCUT2D eigenvalue weighted by atomic mass is 19.1. The maximum atomic E-state index is 14.7. The maximum Gasteiger partial charge on any atom is 0.343 e. The molecule has 3 amide bonds. The van der Waals surface area contributed by atoms with Crippen LogP contribution in [0.3, 0.4) is 0 Å². The number of carbonyl (C=O) groups excluding carboxylic acids is 4. The monoisotopic (exact) mass is 500 g/mol. The first-order valence-electron chi connectivity index (χ1n) is 12.8. The Bertz CT molecular complexity index is 1060. The van der Waals surface area contributed by atoms with Gasteiger partial charge in [0.25, 0.3) is 5.91 Å². The van der Waals surface area contributed by atoms with Gasteiger partial charge in [0, 0.05) is 56.9 Å². The van der Waals surface area contributed by atoms with Crippen LogP contribution in [-0.2, 0) is 25.7 Å². The van der Waals surface area contributed by atoms with E-state index in [-0.39, 0.29) is 31.1 Å². The fraction of sp³-hybridized carbons (Fsp3) is 0.615. The average molecular weight is 501 g/mol. The Hall–Kier alpha value is -3.01. The van der Waals surface area contributed by atoms with Gasteiger partial charge < -0.3 is 14.5 Å². The molecule has 5 rings (SSSR count). The summed E-state index contributed by atoms with van der Waals surface area (Å²) in [5, 5.41) is 2.34. The summed E-state index contributed by atoms with van der Waals surface area (Å²) in [4.78, 5) is 54.8. The van der Waals surface area contributed by atoms with E-state index in [0.29, 0.717) is 37.3 Å². The highest BCUT2D eigenvalue weighted by Gasteiger charge is 2.43. The van der Waals surface area contributed by atoms with Gasteiger partial charge in [-0.3, -0.25) is 24.6 Å². The summed E-state index contributed by atoms with van der Waals surface area (Å²) in [5.41, 5.74) is 0.690. The van der Waals surface area contributed by atoms with Gasteiger partial charge in [0.1, 0.15) is 6.04 Å². The molecule has 1 N–H and O–H groups in total. The molecule has 2 saturated heterocycles. The lowest BCUT2D eigenvalue weighted by Gasteiger charge is -2.39. The molecule has 0 aromatic heterocycles. The molecule has 0 radical (unpaired) electrons. The summed E-state index contributed by atoms with van der Waals surface area (Å²) in [6.45, 7) is 4.68. The Morgan fingerprint density at radius 2 is 1.83 bits per heavy atom. The van der Waals surface area contributed by atoms with E-state index in [0.717, 1.165) is 44.0 Å². The van der Waals surface area contributed by atoms with Crippen LogP contribution < -0.4 is 10.2 Å². The highest BCUT2D eigenvalue weighted by Crippen LogP contribution is 2.37. The number of piperazine rings is 1. The summed E-state index contributed by atoms with van der Waals surface area (Å²) in [6, 6.07) is 5.32. The van der Waals surface area contributed by atoms with Gasteiger partial charge in [0.05, 0.1) is 7.11 Å². The number of piperidine rings is 1. The van der Waals surface area contributed by atoms with E-state index < -0.39 is 23.6 Å². The number of alkyl halides is 1. The van der Waals surface area contributed by atoms with Gasteiger partial charge in [0.15, 0.2) is 0 Å².